The average molecular weight is 337 g/mol. The maximum Gasteiger partial charge on any atom is 0.407 e. The van der Waals surface area contributed by atoms with Gasteiger partial charge in [-0.1, -0.05) is 0 Å². The zero-order valence-corrected chi connectivity index (χ0v) is 12.2. The fourth-order valence-corrected chi connectivity index (χ4v) is 3.40. The van der Waals surface area contributed by atoms with E-state index in [-0.39, 0.29) is 6.04 Å². The third kappa shape index (κ3) is 2.10. The van der Waals surface area contributed by atoms with Gasteiger partial charge in [0, 0.05) is 25.6 Å². The molecule has 0 unspecified atom stereocenters. The average Bonchev–Trinajstić information content (AvgIpc) is 2.98. The van der Waals surface area contributed by atoms with Gasteiger partial charge in [-0.05, 0) is 28.4 Å². The maximum atomic E-state index is 11.2. The van der Waals surface area contributed by atoms with Crippen molar-refractivity contribution >= 4 is 27.7 Å². The molecule has 2 aliphatic rings. The fraction of sp³-hybridized carbons (Fsp3) is 0.462. The van der Waals surface area contributed by atoms with E-state index in [9.17, 15) is 9.90 Å². The molecular formula is C13H13BrN4O2. The Hall–Kier alpha value is -1.81. The number of amides is 1. The molecule has 0 aliphatic carbocycles. The molecule has 1 aromatic heterocycles. The largest absolute Gasteiger partial charge is 0.465 e. The van der Waals surface area contributed by atoms with Gasteiger partial charge in [-0.3, -0.25) is 0 Å². The van der Waals surface area contributed by atoms with Gasteiger partial charge >= 0.3 is 6.09 Å². The van der Waals surface area contributed by atoms with Crippen LogP contribution in [0.4, 0.5) is 10.5 Å². The van der Waals surface area contributed by atoms with Crippen molar-refractivity contribution in [1.29, 1.82) is 5.26 Å². The summed E-state index contributed by atoms with van der Waals surface area (Å²) in [5.41, 5.74) is 1.37. The molecule has 0 radical (unpaired) electrons. The van der Waals surface area contributed by atoms with Gasteiger partial charge in [0.05, 0.1) is 23.5 Å². The van der Waals surface area contributed by atoms with E-state index in [4.69, 9.17) is 5.26 Å². The van der Waals surface area contributed by atoms with E-state index >= 15 is 0 Å². The zero-order valence-electron chi connectivity index (χ0n) is 10.7. The predicted molar refractivity (Wildman–Crippen MR) is 75.5 cm³/mol. The number of carboxylic acid groups (broad SMARTS) is 1. The first kappa shape index (κ1) is 13.2. The van der Waals surface area contributed by atoms with Gasteiger partial charge < -0.3 is 14.9 Å². The standard InChI is InChI=1S/C13H13BrN4O2/c14-12-9(4-15)3-10(5-16-12)17-6-8-1-2-18(13(19)20)11(8)7-17/h3,5,8,11H,1-2,6-7H2,(H,19,20)/t8-,11+/m1/s1. The molecule has 2 aliphatic heterocycles. The second-order valence-electron chi connectivity index (χ2n) is 5.14. The van der Waals surface area contributed by atoms with Gasteiger partial charge in [-0.25, -0.2) is 9.78 Å². The molecule has 1 amide bonds. The Morgan fingerprint density at radius 1 is 1.55 bits per heavy atom. The Balaban J connectivity index is 1.81. The smallest absolute Gasteiger partial charge is 0.407 e. The molecule has 20 heavy (non-hydrogen) atoms. The fourth-order valence-electron chi connectivity index (χ4n) is 3.10. The molecule has 6 nitrogen and oxygen atoms in total. The molecular weight excluding hydrogens is 324 g/mol. The van der Waals surface area contributed by atoms with E-state index in [0.717, 1.165) is 18.7 Å². The van der Waals surface area contributed by atoms with Gasteiger partial charge in [0.1, 0.15) is 10.7 Å². The quantitative estimate of drug-likeness (QED) is 0.792. The number of likely N-dealkylation sites (tertiary alicyclic amines) is 1. The number of pyridine rings is 1. The first-order chi connectivity index (χ1) is 9.60. The van der Waals surface area contributed by atoms with Gasteiger partial charge in [-0.2, -0.15) is 5.26 Å². The molecule has 0 spiro atoms. The molecule has 3 heterocycles. The predicted octanol–water partition coefficient (Wildman–Crippen LogP) is 1.90. The maximum absolute atomic E-state index is 11.2. The molecule has 7 heteroatoms. The zero-order chi connectivity index (χ0) is 14.3. The van der Waals surface area contributed by atoms with E-state index in [0.29, 0.717) is 29.2 Å². The number of carbonyl (C=O) groups is 1. The summed E-state index contributed by atoms with van der Waals surface area (Å²) in [6.45, 7) is 2.12. The first-order valence-electron chi connectivity index (χ1n) is 6.40. The lowest BCUT2D eigenvalue weighted by molar-refractivity contribution is 0.140. The second kappa shape index (κ2) is 4.94. The second-order valence-corrected chi connectivity index (χ2v) is 5.89. The molecule has 1 N–H and O–H groups in total. The Morgan fingerprint density at radius 3 is 3.05 bits per heavy atom. The normalized spacial score (nSPS) is 24.6. The van der Waals surface area contributed by atoms with Crippen LogP contribution in [0, 0.1) is 17.2 Å². The summed E-state index contributed by atoms with van der Waals surface area (Å²) in [4.78, 5) is 19.0. The summed E-state index contributed by atoms with van der Waals surface area (Å²) >= 11 is 3.24. The summed E-state index contributed by atoms with van der Waals surface area (Å²) in [6, 6.07) is 3.95. The van der Waals surface area contributed by atoms with Crippen molar-refractivity contribution in [3.8, 4) is 6.07 Å². The molecule has 1 aromatic rings. The van der Waals surface area contributed by atoms with Gasteiger partial charge in [0.2, 0.25) is 0 Å². The molecule has 104 valence electrons. The van der Waals surface area contributed by atoms with Crippen molar-refractivity contribution in [2.24, 2.45) is 5.92 Å². The number of hydrogen-bond acceptors (Lipinski definition) is 4. The summed E-state index contributed by atoms with van der Waals surface area (Å²) in [5, 5.41) is 18.2. The van der Waals surface area contributed by atoms with Crippen LogP contribution in [0.2, 0.25) is 0 Å². The highest BCUT2D eigenvalue weighted by molar-refractivity contribution is 9.10. The highest BCUT2D eigenvalue weighted by Gasteiger charge is 2.43. The van der Waals surface area contributed by atoms with Gasteiger partial charge in [0.15, 0.2) is 0 Å². The first-order valence-corrected chi connectivity index (χ1v) is 7.19. The number of nitriles is 1. The topological polar surface area (TPSA) is 80.5 Å². The number of nitrogens with zero attached hydrogens (tertiary/aromatic N) is 4. The van der Waals surface area contributed by atoms with Gasteiger partial charge in [0.25, 0.3) is 0 Å². The van der Waals surface area contributed by atoms with Crippen molar-refractivity contribution in [2.45, 2.75) is 12.5 Å². The number of fused-ring (bicyclic) bond motifs is 1. The lowest BCUT2D eigenvalue weighted by atomic mass is 10.1. The van der Waals surface area contributed by atoms with Crippen LogP contribution >= 0.6 is 15.9 Å². The SMILES string of the molecule is N#Cc1cc(N2C[C@H]3CCN(C(=O)O)[C@H]3C2)cnc1Br. The number of rotatable bonds is 1. The highest BCUT2D eigenvalue weighted by atomic mass is 79.9. The van der Waals surface area contributed by atoms with Crippen LogP contribution in [-0.4, -0.2) is 46.8 Å². The molecule has 2 fully saturated rings. The molecule has 0 bridgehead atoms. The number of aromatic nitrogens is 1. The van der Waals surface area contributed by atoms with E-state index in [1.165, 1.54) is 4.90 Å². The van der Waals surface area contributed by atoms with Crippen molar-refractivity contribution in [1.82, 2.24) is 9.88 Å². The van der Waals surface area contributed by atoms with Crippen molar-refractivity contribution in [3.63, 3.8) is 0 Å². The van der Waals surface area contributed by atoms with E-state index in [1.807, 2.05) is 0 Å². The van der Waals surface area contributed by atoms with Crippen LogP contribution in [0.1, 0.15) is 12.0 Å². The molecule has 0 aromatic carbocycles. The van der Waals surface area contributed by atoms with Gasteiger partial charge in [-0.15, -0.1) is 0 Å². The number of halogens is 1. The minimum Gasteiger partial charge on any atom is -0.465 e. The Morgan fingerprint density at radius 2 is 2.35 bits per heavy atom. The Kier molecular flexibility index (Phi) is 3.26. The lowest BCUT2D eigenvalue weighted by Crippen LogP contribution is -2.38. The number of anilines is 1. The van der Waals surface area contributed by atoms with Crippen LogP contribution in [0.25, 0.3) is 0 Å². The Bertz CT molecular complexity index is 601. The molecule has 3 rings (SSSR count). The molecule has 2 saturated heterocycles. The van der Waals surface area contributed by atoms with E-state index < -0.39 is 6.09 Å². The third-order valence-corrected chi connectivity index (χ3v) is 4.74. The summed E-state index contributed by atoms with van der Waals surface area (Å²) < 4.78 is 0.537. The van der Waals surface area contributed by atoms with Crippen LogP contribution in [0.15, 0.2) is 16.9 Å². The molecule has 0 saturated carbocycles. The van der Waals surface area contributed by atoms with Crippen molar-refractivity contribution in [2.75, 3.05) is 24.5 Å². The van der Waals surface area contributed by atoms with Crippen molar-refractivity contribution in [3.05, 3.63) is 22.4 Å². The van der Waals surface area contributed by atoms with Crippen LogP contribution in [-0.2, 0) is 0 Å². The molecule has 2 atom stereocenters. The summed E-state index contributed by atoms with van der Waals surface area (Å²) in [6.07, 6.45) is 1.78. The minimum atomic E-state index is -0.842. The van der Waals surface area contributed by atoms with E-state index in [2.05, 4.69) is 31.9 Å². The van der Waals surface area contributed by atoms with E-state index in [1.54, 1.807) is 12.3 Å². The third-order valence-electron chi connectivity index (χ3n) is 4.10. The highest BCUT2D eigenvalue weighted by Crippen LogP contribution is 2.34. The Labute approximate surface area is 124 Å². The minimum absolute atomic E-state index is 0.0571. The summed E-state index contributed by atoms with van der Waals surface area (Å²) in [5.74, 6) is 0.375. The summed E-state index contributed by atoms with van der Waals surface area (Å²) in [7, 11) is 0. The van der Waals surface area contributed by atoms with Crippen LogP contribution in [0.5, 0.6) is 0 Å². The monoisotopic (exact) mass is 336 g/mol. The van der Waals surface area contributed by atoms with Crippen LogP contribution in [0.3, 0.4) is 0 Å². The lowest BCUT2D eigenvalue weighted by Gasteiger charge is -2.23. The van der Waals surface area contributed by atoms with Crippen molar-refractivity contribution < 1.29 is 9.90 Å². The number of hydrogen-bond donors (Lipinski definition) is 1. The van der Waals surface area contributed by atoms with Crippen LogP contribution < -0.4 is 4.90 Å².